The number of benzene rings is 1. The topological polar surface area (TPSA) is 61.6 Å². The number of rotatable bonds is 1. The Morgan fingerprint density at radius 3 is 2.74 bits per heavy atom. The molecule has 0 radical (unpaired) electrons. The molecule has 0 fully saturated rings. The van der Waals surface area contributed by atoms with Crippen molar-refractivity contribution in [1.82, 2.24) is 15.3 Å². The van der Waals surface area contributed by atoms with Crippen LogP contribution in [0.25, 0.3) is 11.4 Å². The van der Waals surface area contributed by atoms with E-state index in [4.69, 9.17) is 0 Å². The van der Waals surface area contributed by atoms with Crippen LogP contribution in [-0.2, 0) is 13.0 Å². The minimum absolute atomic E-state index is 0.493. The second-order valence-corrected chi connectivity index (χ2v) is 4.73. The first-order valence-electron chi connectivity index (χ1n) is 6.35. The fourth-order valence-electron chi connectivity index (χ4n) is 2.27. The van der Waals surface area contributed by atoms with E-state index >= 15 is 0 Å². The number of aryl methyl sites for hydroxylation is 1. The molecule has 1 N–H and O–H groups in total. The van der Waals surface area contributed by atoms with Crippen LogP contribution in [0.5, 0.6) is 0 Å². The molecule has 0 saturated heterocycles. The highest BCUT2D eigenvalue weighted by Crippen LogP contribution is 2.21. The quantitative estimate of drug-likeness (QED) is 0.840. The molecule has 0 aliphatic carbocycles. The van der Waals surface area contributed by atoms with Crippen molar-refractivity contribution < 1.29 is 0 Å². The maximum absolute atomic E-state index is 9.24. The van der Waals surface area contributed by atoms with Crippen molar-refractivity contribution in [3.63, 3.8) is 0 Å². The number of nitrogens with zero attached hydrogens (tertiary/aromatic N) is 3. The van der Waals surface area contributed by atoms with Gasteiger partial charge in [-0.15, -0.1) is 0 Å². The van der Waals surface area contributed by atoms with Gasteiger partial charge in [0.05, 0.1) is 5.69 Å². The van der Waals surface area contributed by atoms with Gasteiger partial charge in [-0.2, -0.15) is 5.26 Å². The Hall–Kier alpha value is -2.25. The van der Waals surface area contributed by atoms with Gasteiger partial charge in [-0.05, 0) is 6.92 Å². The Kier molecular flexibility index (Phi) is 2.98. The number of nitriles is 1. The van der Waals surface area contributed by atoms with E-state index in [1.54, 1.807) is 0 Å². The summed E-state index contributed by atoms with van der Waals surface area (Å²) < 4.78 is 0. The van der Waals surface area contributed by atoms with Crippen LogP contribution in [-0.4, -0.2) is 16.5 Å². The molecule has 0 bridgehead atoms. The minimum atomic E-state index is 0.493. The predicted molar refractivity (Wildman–Crippen MR) is 72.3 cm³/mol. The smallest absolute Gasteiger partial charge is 0.160 e. The van der Waals surface area contributed by atoms with Gasteiger partial charge in [0.15, 0.2) is 5.82 Å². The molecule has 1 aliphatic heterocycles. The maximum Gasteiger partial charge on any atom is 0.160 e. The Labute approximate surface area is 112 Å². The van der Waals surface area contributed by atoms with Gasteiger partial charge in [0.1, 0.15) is 11.8 Å². The summed E-state index contributed by atoms with van der Waals surface area (Å²) in [7, 11) is 0. The molecule has 4 heteroatoms. The minimum Gasteiger partial charge on any atom is -0.312 e. The van der Waals surface area contributed by atoms with Crippen LogP contribution in [0.4, 0.5) is 0 Å². The summed E-state index contributed by atoms with van der Waals surface area (Å²) in [5.41, 5.74) is 4.60. The first-order chi connectivity index (χ1) is 9.28. The summed E-state index contributed by atoms with van der Waals surface area (Å²) in [6.45, 7) is 3.64. The van der Waals surface area contributed by atoms with Crippen LogP contribution in [0.2, 0.25) is 0 Å². The SMILES string of the molecule is Cc1ccc(-c2nc(C#N)c3c(n2)CCNC3)cc1. The van der Waals surface area contributed by atoms with Crippen molar-refractivity contribution >= 4 is 0 Å². The van der Waals surface area contributed by atoms with Crippen molar-refractivity contribution in [3.05, 3.63) is 46.8 Å². The van der Waals surface area contributed by atoms with Gasteiger partial charge in [-0.25, -0.2) is 9.97 Å². The predicted octanol–water partition coefficient (Wildman–Crippen LogP) is 1.97. The average Bonchev–Trinajstić information content (AvgIpc) is 2.47. The highest BCUT2D eigenvalue weighted by atomic mass is 14.9. The highest BCUT2D eigenvalue weighted by Gasteiger charge is 2.17. The van der Waals surface area contributed by atoms with Gasteiger partial charge in [-0.1, -0.05) is 29.8 Å². The Morgan fingerprint density at radius 1 is 1.21 bits per heavy atom. The number of fused-ring (bicyclic) bond motifs is 1. The van der Waals surface area contributed by atoms with E-state index in [2.05, 4.69) is 21.4 Å². The number of hydrogen-bond acceptors (Lipinski definition) is 4. The van der Waals surface area contributed by atoms with Crippen molar-refractivity contribution in [1.29, 1.82) is 5.26 Å². The molecule has 0 spiro atoms. The first-order valence-corrected chi connectivity index (χ1v) is 6.35. The van der Waals surface area contributed by atoms with E-state index in [-0.39, 0.29) is 0 Å². The van der Waals surface area contributed by atoms with Crippen molar-refractivity contribution in [3.8, 4) is 17.5 Å². The van der Waals surface area contributed by atoms with E-state index in [0.29, 0.717) is 18.1 Å². The number of nitrogens with one attached hydrogen (secondary N) is 1. The standard InChI is InChI=1S/C15H14N4/c1-10-2-4-11(5-3-10)15-18-13-6-7-17-9-12(13)14(8-16)19-15/h2-5,17H,6-7,9H2,1H3. The van der Waals surface area contributed by atoms with Crippen molar-refractivity contribution in [2.75, 3.05) is 6.54 Å². The third-order valence-corrected chi connectivity index (χ3v) is 3.35. The van der Waals surface area contributed by atoms with Crippen molar-refractivity contribution in [2.24, 2.45) is 0 Å². The molecule has 1 aromatic heterocycles. The van der Waals surface area contributed by atoms with Crippen LogP contribution in [0.1, 0.15) is 22.5 Å². The van der Waals surface area contributed by atoms with Crippen LogP contribution in [0.15, 0.2) is 24.3 Å². The molecule has 3 rings (SSSR count). The van der Waals surface area contributed by atoms with Crippen LogP contribution in [0.3, 0.4) is 0 Å². The zero-order valence-electron chi connectivity index (χ0n) is 10.8. The molecule has 4 nitrogen and oxygen atoms in total. The fourth-order valence-corrected chi connectivity index (χ4v) is 2.27. The van der Waals surface area contributed by atoms with Gasteiger partial charge < -0.3 is 5.32 Å². The van der Waals surface area contributed by atoms with E-state index in [1.807, 2.05) is 31.2 Å². The van der Waals surface area contributed by atoms with E-state index in [0.717, 1.165) is 29.8 Å². The molecule has 0 amide bonds. The molecule has 0 atom stereocenters. The Bertz CT molecular complexity index is 653. The van der Waals surface area contributed by atoms with E-state index in [1.165, 1.54) is 5.56 Å². The Balaban J connectivity index is 2.12. The van der Waals surface area contributed by atoms with E-state index < -0.39 is 0 Å². The van der Waals surface area contributed by atoms with Gasteiger partial charge in [0, 0.05) is 30.6 Å². The molecule has 2 aromatic rings. The molecule has 94 valence electrons. The maximum atomic E-state index is 9.24. The molecule has 2 heterocycles. The number of aromatic nitrogens is 2. The second-order valence-electron chi connectivity index (χ2n) is 4.73. The molecule has 1 aromatic carbocycles. The largest absolute Gasteiger partial charge is 0.312 e. The molecule has 0 unspecified atom stereocenters. The summed E-state index contributed by atoms with van der Waals surface area (Å²) in [6, 6.07) is 10.3. The van der Waals surface area contributed by atoms with Gasteiger partial charge >= 0.3 is 0 Å². The number of hydrogen-bond donors (Lipinski definition) is 1. The third kappa shape index (κ3) is 2.20. The lowest BCUT2D eigenvalue weighted by Crippen LogP contribution is -2.26. The van der Waals surface area contributed by atoms with Crippen LogP contribution >= 0.6 is 0 Å². The second kappa shape index (κ2) is 4.79. The zero-order valence-corrected chi connectivity index (χ0v) is 10.8. The summed E-state index contributed by atoms with van der Waals surface area (Å²) >= 11 is 0. The lowest BCUT2D eigenvalue weighted by molar-refractivity contribution is 0.624. The zero-order chi connectivity index (χ0) is 13.2. The molecular formula is C15H14N4. The monoisotopic (exact) mass is 250 g/mol. The summed E-state index contributed by atoms with van der Waals surface area (Å²) in [5, 5.41) is 12.5. The molecule has 0 saturated carbocycles. The average molecular weight is 250 g/mol. The Morgan fingerprint density at radius 2 is 2.00 bits per heavy atom. The van der Waals surface area contributed by atoms with Gasteiger partial charge in [0.2, 0.25) is 0 Å². The lowest BCUT2D eigenvalue weighted by Gasteiger charge is -2.17. The van der Waals surface area contributed by atoms with Gasteiger partial charge in [0.25, 0.3) is 0 Å². The summed E-state index contributed by atoms with van der Waals surface area (Å²) in [5.74, 6) is 0.650. The van der Waals surface area contributed by atoms with E-state index in [9.17, 15) is 5.26 Å². The molecular weight excluding hydrogens is 236 g/mol. The normalized spacial score (nSPS) is 13.7. The van der Waals surface area contributed by atoms with Crippen LogP contribution < -0.4 is 5.32 Å². The molecule has 19 heavy (non-hydrogen) atoms. The van der Waals surface area contributed by atoms with Crippen LogP contribution in [0, 0.1) is 18.3 Å². The lowest BCUT2D eigenvalue weighted by atomic mass is 10.0. The molecule has 1 aliphatic rings. The fraction of sp³-hybridized carbons (Fsp3) is 0.267. The van der Waals surface area contributed by atoms with Crippen molar-refractivity contribution in [2.45, 2.75) is 19.9 Å². The van der Waals surface area contributed by atoms with Gasteiger partial charge in [-0.3, -0.25) is 0 Å². The summed E-state index contributed by atoms with van der Waals surface area (Å²) in [4.78, 5) is 9.01. The third-order valence-electron chi connectivity index (χ3n) is 3.35. The highest BCUT2D eigenvalue weighted by molar-refractivity contribution is 5.57. The summed E-state index contributed by atoms with van der Waals surface area (Å²) in [6.07, 6.45) is 0.853. The first kappa shape index (κ1) is 11.8.